The van der Waals surface area contributed by atoms with Crippen LogP contribution in [0.3, 0.4) is 0 Å². The molecule has 0 saturated heterocycles. The van der Waals surface area contributed by atoms with Crippen LogP contribution in [-0.2, 0) is 16.0 Å². The lowest BCUT2D eigenvalue weighted by molar-refractivity contribution is -0.130. The predicted octanol–water partition coefficient (Wildman–Crippen LogP) is 2.32. The Bertz CT molecular complexity index is 496. The number of carbonyl (C=O) groups is 2. The summed E-state index contributed by atoms with van der Waals surface area (Å²) < 4.78 is 5.20. The summed E-state index contributed by atoms with van der Waals surface area (Å²) in [6, 6.07) is 7.27. The molecule has 1 aliphatic rings. The molecule has 0 bridgehead atoms. The smallest absolute Gasteiger partial charge is 0.339 e. The number of amides is 1. The van der Waals surface area contributed by atoms with E-state index >= 15 is 0 Å². The normalized spacial score (nSPS) is 17.6. The van der Waals surface area contributed by atoms with E-state index in [4.69, 9.17) is 4.74 Å². The summed E-state index contributed by atoms with van der Waals surface area (Å²) in [7, 11) is 0. The molecule has 1 unspecified atom stereocenters. The van der Waals surface area contributed by atoms with Gasteiger partial charge in [-0.15, -0.1) is 0 Å². The minimum Gasteiger partial charge on any atom is -0.448 e. The molecule has 4 nitrogen and oxygen atoms in total. The van der Waals surface area contributed by atoms with E-state index < -0.39 is 12.1 Å². The van der Waals surface area contributed by atoms with Crippen molar-refractivity contribution in [3.05, 3.63) is 35.4 Å². The molecule has 20 heavy (non-hydrogen) atoms. The number of hydrogen-bond acceptors (Lipinski definition) is 3. The molecule has 0 aromatic heterocycles. The van der Waals surface area contributed by atoms with Crippen LogP contribution in [0.1, 0.15) is 42.6 Å². The highest BCUT2D eigenvalue weighted by molar-refractivity contribution is 5.95. The minimum atomic E-state index is -0.698. The zero-order valence-electron chi connectivity index (χ0n) is 12.0. The number of esters is 1. The van der Waals surface area contributed by atoms with E-state index in [1.54, 1.807) is 12.1 Å². The Kier molecular flexibility index (Phi) is 4.77. The molecule has 0 fully saturated rings. The molecule has 2 rings (SSSR count). The Balaban J connectivity index is 1.88. The number of benzene rings is 1. The van der Waals surface area contributed by atoms with Gasteiger partial charge >= 0.3 is 5.97 Å². The number of ether oxygens (including phenoxy) is 1. The van der Waals surface area contributed by atoms with E-state index in [9.17, 15) is 9.59 Å². The van der Waals surface area contributed by atoms with Crippen molar-refractivity contribution >= 4 is 11.9 Å². The van der Waals surface area contributed by atoms with Crippen molar-refractivity contribution in [2.24, 2.45) is 5.92 Å². The van der Waals surface area contributed by atoms with E-state index in [0.29, 0.717) is 24.4 Å². The van der Waals surface area contributed by atoms with E-state index in [1.165, 1.54) is 0 Å². The number of cyclic esters (lactones) is 1. The third kappa shape index (κ3) is 3.59. The molecule has 0 aliphatic carbocycles. The van der Waals surface area contributed by atoms with Gasteiger partial charge in [-0.1, -0.05) is 32.0 Å². The first-order valence-corrected chi connectivity index (χ1v) is 7.14. The average Bonchev–Trinajstić information content (AvgIpc) is 2.43. The van der Waals surface area contributed by atoms with E-state index in [2.05, 4.69) is 19.2 Å². The zero-order chi connectivity index (χ0) is 14.5. The Morgan fingerprint density at radius 1 is 1.40 bits per heavy atom. The van der Waals surface area contributed by atoms with Gasteiger partial charge in [0.2, 0.25) is 0 Å². The van der Waals surface area contributed by atoms with Gasteiger partial charge in [-0.05, 0) is 30.4 Å². The molecule has 1 aliphatic heterocycles. The van der Waals surface area contributed by atoms with Crippen LogP contribution in [0.25, 0.3) is 0 Å². The summed E-state index contributed by atoms with van der Waals surface area (Å²) in [5.41, 5.74) is 1.45. The van der Waals surface area contributed by atoms with Crippen LogP contribution in [0.5, 0.6) is 0 Å². The first-order valence-electron chi connectivity index (χ1n) is 7.14. The van der Waals surface area contributed by atoms with E-state index in [0.717, 1.165) is 18.4 Å². The average molecular weight is 275 g/mol. The van der Waals surface area contributed by atoms with Gasteiger partial charge in [0.05, 0.1) is 5.56 Å². The van der Waals surface area contributed by atoms with E-state index in [-0.39, 0.29) is 5.91 Å². The summed E-state index contributed by atoms with van der Waals surface area (Å²) in [5.74, 6) is 0.0251. The lowest BCUT2D eigenvalue weighted by Gasteiger charge is -2.23. The van der Waals surface area contributed by atoms with Gasteiger partial charge in [0.15, 0.2) is 6.10 Å². The standard InChI is InChI=1S/C16H21NO3/c1-11(2)6-5-9-17-15(18)14-10-12-7-3-4-8-13(12)16(19)20-14/h3-4,7-8,11,14H,5-6,9-10H2,1-2H3,(H,17,18). The van der Waals surface area contributed by atoms with Crippen molar-refractivity contribution in [1.29, 1.82) is 0 Å². The van der Waals surface area contributed by atoms with Gasteiger partial charge in [0.1, 0.15) is 0 Å². The van der Waals surface area contributed by atoms with Crippen LogP contribution >= 0.6 is 0 Å². The van der Waals surface area contributed by atoms with Gasteiger partial charge in [-0.2, -0.15) is 0 Å². The topological polar surface area (TPSA) is 55.4 Å². The minimum absolute atomic E-state index is 0.198. The SMILES string of the molecule is CC(C)CCCNC(=O)C1Cc2ccccc2C(=O)O1. The van der Waals surface area contributed by atoms with Crippen LogP contribution in [-0.4, -0.2) is 24.5 Å². The monoisotopic (exact) mass is 275 g/mol. The molecular formula is C16H21NO3. The predicted molar refractivity (Wildman–Crippen MR) is 76.4 cm³/mol. The zero-order valence-corrected chi connectivity index (χ0v) is 12.0. The second-order valence-corrected chi connectivity index (χ2v) is 5.58. The first-order chi connectivity index (χ1) is 9.58. The third-order valence-corrected chi connectivity index (χ3v) is 3.44. The van der Waals surface area contributed by atoms with Crippen LogP contribution in [0.15, 0.2) is 24.3 Å². The first kappa shape index (κ1) is 14.6. The van der Waals surface area contributed by atoms with E-state index in [1.807, 2.05) is 12.1 Å². The molecule has 0 saturated carbocycles. The van der Waals surface area contributed by atoms with Gasteiger partial charge in [0, 0.05) is 13.0 Å². The second kappa shape index (κ2) is 6.55. The molecule has 1 amide bonds. The number of fused-ring (bicyclic) bond motifs is 1. The van der Waals surface area contributed by atoms with Crippen LogP contribution in [0.2, 0.25) is 0 Å². The van der Waals surface area contributed by atoms with Crippen LogP contribution < -0.4 is 5.32 Å². The number of hydrogen-bond donors (Lipinski definition) is 1. The molecule has 4 heteroatoms. The molecule has 1 aromatic rings. The maximum absolute atomic E-state index is 12.0. The summed E-state index contributed by atoms with van der Waals surface area (Å²) in [6.07, 6.45) is 1.78. The van der Waals surface area contributed by atoms with Crippen molar-refractivity contribution in [1.82, 2.24) is 5.32 Å². The fraction of sp³-hybridized carbons (Fsp3) is 0.500. The Hall–Kier alpha value is -1.84. The molecule has 0 spiro atoms. The molecule has 1 N–H and O–H groups in total. The Morgan fingerprint density at radius 2 is 2.15 bits per heavy atom. The van der Waals surface area contributed by atoms with Crippen molar-refractivity contribution in [2.75, 3.05) is 6.54 Å². The fourth-order valence-electron chi connectivity index (χ4n) is 2.31. The highest BCUT2D eigenvalue weighted by Gasteiger charge is 2.30. The lowest BCUT2D eigenvalue weighted by atomic mass is 9.98. The fourth-order valence-corrected chi connectivity index (χ4v) is 2.31. The highest BCUT2D eigenvalue weighted by atomic mass is 16.5. The van der Waals surface area contributed by atoms with Crippen LogP contribution in [0, 0.1) is 5.92 Å². The maximum atomic E-state index is 12.0. The molecule has 1 atom stereocenters. The van der Waals surface area contributed by atoms with Gasteiger partial charge in [-0.3, -0.25) is 4.79 Å². The molecule has 0 radical (unpaired) electrons. The molecular weight excluding hydrogens is 254 g/mol. The van der Waals surface area contributed by atoms with Gasteiger partial charge in [0.25, 0.3) is 5.91 Å². The quantitative estimate of drug-likeness (QED) is 0.663. The third-order valence-electron chi connectivity index (χ3n) is 3.44. The van der Waals surface area contributed by atoms with Crippen molar-refractivity contribution < 1.29 is 14.3 Å². The van der Waals surface area contributed by atoms with Gasteiger partial charge in [-0.25, -0.2) is 4.79 Å². The highest BCUT2D eigenvalue weighted by Crippen LogP contribution is 2.20. The summed E-state index contributed by atoms with van der Waals surface area (Å²) in [6.45, 7) is 4.94. The Labute approximate surface area is 119 Å². The number of carbonyl (C=O) groups excluding carboxylic acids is 2. The summed E-state index contributed by atoms with van der Waals surface area (Å²) in [4.78, 5) is 23.8. The molecule has 1 aromatic carbocycles. The number of nitrogens with one attached hydrogen (secondary N) is 1. The molecule has 1 heterocycles. The van der Waals surface area contributed by atoms with Crippen molar-refractivity contribution in [3.8, 4) is 0 Å². The van der Waals surface area contributed by atoms with Gasteiger partial charge < -0.3 is 10.1 Å². The Morgan fingerprint density at radius 3 is 2.90 bits per heavy atom. The molecule has 108 valence electrons. The summed E-state index contributed by atoms with van der Waals surface area (Å²) >= 11 is 0. The number of rotatable bonds is 5. The van der Waals surface area contributed by atoms with Crippen molar-refractivity contribution in [3.63, 3.8) is 0 Å². The van der Waals surface area contributed by atoms with Crippen molar-refractivity contribution in [2.45, 2.75) is 39.2 Å². The lowest BCUT2D eigenvalue weighted by Crippen LogP contribution is -2.42. The summed E-state index contributed by atoms with van der Waals surface area (Å²) in [5, 5.41) is 2.84. The maximum Gasteiger partial charge on any atom is 0.339 e. The largest absolute Gasteiger partial charge is 0.448 e. The second-order valence-electron chi connectivity index (χ2n) is 5.58. The van der Waals surface area contributed by atoms with Crippen LogP contribution in [0.4, 0.5) is 0 Å².